The van der Waals surface area contributed by atoms with E-state index >= 15 is 0 Å². The van der Waals surface area contributed by atoms with Crippen LogP contribution in [0.3, 0.4) is 0 Å². The van der Waals surface area contributed by atoms with Crippen LogP contribution in [0.1, 0.15) is 18.7 Å². The Hall–Kier alpha value is -0.0500. The first kappa shape index (κ1) is 11.0. The standard InChI is InChI=1S/C6H8ClNS.C2H6/c1-8-3-6-2-5(7)4-9-6;1-2/h2,4,8H,3H2,1H3;1-2H3. The molecule has 0 aliphatic rings. The molecule has 1 nitrogen and oxygen atoms in total. The summed E-state index contributed by atoms with van der Waals surface area (Å²) in [5.41, 5.74) is 0. The van der Waals surface area contributed by atoms with Gasteiger partial charge in [0.05, 0.1) is 5.02 Å². The van der Waals surface area contributed by atoms with Crippen LogP contribution >= 0.6 is 22.9 Å². The highest BCUT2D eigenvalue weighted by Gasteiger charge is 1.93. The third-order valence-electron chi connectivity index (χ3n) is 0.973. The molecular weight excluding hydrogens is 178 g/mol. The third-order valence-corrected chi connectivity index (χ3v) is 2.26. The minimum Gasteiger partial charge on any atom is -0.315 e. The van der Waals surface area contributed by atoms with Gasteiger partial charge in [0, 0.05) is 16.8 Å². The minimum absolute atomic E-state index is 0.838. The van der Waals surface area contributed by atoms with E-state index in [1.807, 2.05) is 32.3 Å². The van der Waals surface area contributed by atoms with Gasteiger partial charge in [-0.05, 0) is 13.1 Å². The van der Waals surface area contributed by atoms with Crippen molar-refractivity contribution < 1.29 is 0 Å². The largest absolute Gasteiger partial charge is 0.315 e. The van der Waals surface area contributed by atoms with Gasteiger partial charge in [0.15, 0.2) is 0 Å². The maximum Gasteiger partial charge on any atom is 0.0516 e. The molecule has 0 saturated carbocycles. The molecule has 0 bridgehead atoms. The Kier molecular flexibility index (Phi) is 6.62. The van der Waals surface area contributed by atoms with E-state index < -0.39 is 0 Å². The van der Waals surface area contributed by atoms with Gasteiger partial charge >= 0.3 is 0 Å². The quantitative estimate of drug-likeness (QED) is 0.758. The molecule has 0 aromatic carbocycles. The molecule has 1 heterocycles. The van der Waals surface area contributed by atoms with Crippen LogP contribution < -0.4 is 5.32 Å². The lowest BCUT2D eigenvalue weighted by Gasteiger charge is -1.89. The third kappa shape index (κ3) is 4.40. The maximum atomic E-state index is 5.68. The molecule has 0 spiro atoms. The summed E-state index contributed by atoms with van der Waals surface area (Å²) in [4.78, 5) is 1.28. The Morgan fingerprint density at radius 1 is 1.55 bits per heavy atom. The highest BCUT2D eigenvalue weighted by molar-refractivity contribution is 7.10. The minimum atomic E-state index is 0.838. The van der Waals surface area contributed by atoms with Crippen molar-refractivity contribution in [2.75, 3.05) is 7.05 Å². The number of hydrogen-bond donors (Lipinski definition) is 1. The van der Waals surface area contributed by atoms with Gasteiger partial charge in [-0.25, -0.2) is 0 Å². The number of rotatable bonds is 2. The zero-order chi connectivity index (χ0) is 8.69. The summed E-state index contributed by atoms with van der Waals surface area (Å²) >= 11 is 7.36. The predicted octanol–water partition coefficient (Wildman–Crippen LogP) is 3.15. The fourth-order valence-electron chi connectivity index (χ4n) is 0.621. The van der Waals surface area contributed by atoms with Crippen LogP contribution in [0.15, 0.2) is 11.4 Å². The van der Waals surface area contributed by atoms with Crippen LogP contribution in [0.4, 0.5) is 0 Å². The first-order valence-corrected chi connectivity index (χ1v) is 4.96. The molecule has 1 rings (SSSR count). The van der Waals surface area contributed by atoms with Crippen molar-refractivity contribution in [2.45, 2.75) is 20.4 Å². The second-order valence-electron chi connectivity index (χ2n) is 1.76. The number of halogens is 1. The summed E-state index contributed by atoms with van der Waals surface area (Å²) in [6.07, 6.45) is 0. The lowest BCUT2D eigenvalue weighted by atomic mass is 10.5. The summed E-state index contributed by atoms with van der Waals surface area (Å²) in [5.74, 6) is 0. The van der Waals surface area contributed by atoms with E-state index in [9.17, 15) is 0 Å². The van der Waals surface area contributed by atoms with Crippen molar-refractivity contribution in [3.8, 4) is 0 Å². The first-order chi connectivity index (χ1) is 5.33. The summed E-state index contributed by atoms with van der Waals surface area (Å²) < 4.78 is 0. The fourth-order valence-corrected chi connectivity index (χ4v) is 1.71. The number of hydrogen-bond acceptors (Lipinski definition) is 2. The topological polar surface area (TPSA) is 12.0 Å². The van der Waals surface area contributed by atoms with E-state index in [1.54, 1.807) is 11.3 Å². The summed E-state index contributed by atoms with van der Waals surface area (Å²) in [6, 6.07) is 1.97. The fraction of sp³-hybridized carbons (Fsp3) is 0.500. The van der Waals surface area contributed by atoms with Crippen LogP contribution in [0.2, 0.25) is 5.02 Å². The van der Waals surface area contributed by atoms with Crippen molar-refractivity contribution in [2.24, 2.45) is 0 Å². The summed E-state index contributed by atoms with van der Waals surface area (Å²) in [7, 11) is 1.92. The molecule has 0 saturated heterocycles. The zero-order valence-corrected chi connectivity index (χ0v) is 8.72. The Balaban J connectivity index is 0.000000461. The monoisotopic (exact) mass is 191 g/mol. The van der Waals surface area contributed by atoms with Gasteiger partial charge in [-0.3, -0.25) is 0 Å². The van der Waals surface area contributed by atoms with Crippen molar-refractivity contribution in [1.29, 1.82) is 0 Å². The smallest absolute Gasteiger partial charge is 0.0516 e. The second kappa shape index (κ2) is 6.65. The predicted molar refractivity (Wildman–Crippen MR) is 53.4 cm³/mol. The molecule has 1 aromatic heterocycles. The molecule has 3 heteroatoms. The first-order valence-electron chi connectivity index (χ1n) is 3.70. The average Bonchev–Trinajstić information content (AvgIpc) is 2.41. The van der Waals surface area contributed by atoms with Crippen molar-refractivity contribution in [3.05, 3.63) is 21.3 Å². The van der Waals surface area contributed by atoms with Crippen LogP contribution in [0.5, 0.6) is 0 Å². The number of thiophene rings is 1. The number of nitrogens with one attached hydrogen (secondary N) is 1. The molecule has 11 heavy (non-hydrogen) atoms. The van der Waals surface area contributed by atoms with E-state index in [-0.39, 0.29) is 0 Å². The maximum absolute atomic E-state index is 5.68. The van der Waals surface area contributed by atoms with E-state index in [2.05, 4.69) is 5.32 Å². The molecule has 1 N–H and O–H groups in total. The summed E-state index contributed by atoms with van der Waals surface area (Å²) in [6.45, 7) is 4.91. The molecule has 0 amide bonds. The SMILES string of the molecule is CC.CNCc1cc(Cl)cs1. The Morgan fingerprint density at radius 3 is 2.55 bits per heavy atom. The van der Waals surface area contributed by atoms with Gasteiger partial charge in [-0.15, -0.1) is 11.3 Å². The average molecular weight is 192 g/mol. The Labute approximate surface area is 77.4 Å². The molecule has 0 radical (unpaired) electrons. The van der Waals surface area contributed by atoms with Crippen LogP contribution in [0.25, 0.3) is 0 Å². The normalized spacial score (nSPS) is 8.73. The van der Waals surface area contributed by atoms with E-state index in [0.29, 0.717) is 0 Å². The van der Waals surface area contributed by atoms with Gasteiger partial charge in [-0.1, -0.05) is 25.4 Å². The van der Waals surface area contributed by atoms with Gasteiger partial charge < -0.3 is 5.32 Å². The molecule has 0 unspecified atom stereocenters. The van der Waals surface area contributed by atoms with Crippen molar-refractivity contribution >= 4 is 22.9 Å². The van der Waals surface area contributed by atoms with E-state index in [4.69, 9.17) is 11.6 Å². The van der Waals surface area contributed by atoms with Crippen LogP contribution in [-0.4, -0.2) is 7.05 Å². The van der Waals surface area contributed by atoms with Crippen LogP contribution in [0, 0.1) is 0 Å². The van der Waals surface area contributed by atoms with Gasteiger partial charge in [0.1, 0.15) is 0 Å². The van der Waals surface area contributed by atoms with E-state index in [1.165, 1.54) is 4.88 Å². The Bertz CT molecular complexity index is 186. The summed E-state index contributed by atoms with van der Waals surface area (Å²) in [5, 5.41) is 5.83. The molecule has 0 fully saturated rings. The molecule has 1 aromatic rings. The van der Waals surface area contributed by atoms with Crippen molar-refractivity contribution in [1.82, 2.24) is 5.32 Å². The van der Waals surface area contributed by atoms with Gasteiger partial charge in [0.2, 0.25) is 0 Å². The molecular formula is C8H14ClNS. The van der Waals surface area contributed by atoms with Crippen molar-refractivity contribution in [3.63, 3.8) is 0 Å². The lowest BCUT2D eigenvalue weighted by Crippen LogP contribution is -2.02. The highest BCUT2D eigenvalue weighted by atomic mass is 35.5. The van der Waals surface area contributed by atoms with E-state index in [0.717, 1.165) is 11.6 Å². The van der Waals surface area contributed by atoms with Gasteiger partial charge in [0.25, 0.3) is 0 Å². The van der Waals surface area contributed by atoms with Crippen LogP contribution in [-0.2, 0) is 6.54 Å². The molecule has 0 atom stereocenters. The zero-order valence-electron chi connectivity index (χ0n) is 7.15. The Morgan fingerprint density at radius 2 is 2.18 bits per heavy atom. The molecule has 0 aliphatic heterocycles. The van der Waals surface area contributed by atoms with Gasteiger partial charge in [-0.2, -0.15) is 0 Å². The lowest BCUT2D eigenvalue weighted by molar-refractivity contribution is 0.831. The molecule has 64 valence electrons. The second-order valence-corrected chi connectivity index (χ2v) is 3.19. The molecule has 0 aliphatic carbocycles. The highest BCUT2D eigenvalue weighted by Crippen LogP contribution is 2.18.